The van der Waals surface area contributed by atoms with Crippen molar-refractivity contribution in [2.45, 2.75) is 23.8 Å². The molecule has 1 atom stereocenters. The molecule has 1 N–H and O–H groups in total. The van der Waals surface area contributed by atoms with Crippen LogP contribution in [0.15, 0.2) is 89.8 Å². The van der Waals surface area contributed by atoms with Gasteiger partial charge in [-0.3, -0.25) is 4.79 Å². The topological polar surface area (TPSA) is 75.7 Å². The zero-order chi connectivity index (χ0) is 23.1. The van der Waals surface area contributed by atoms with E-state index in [9.17, 15) is 13.2 Å². The number of ether oxygens (including phenoxy) is 1. The molecule has 3 aromatic carbocycles. The predicted molar refractivity (Wildman–Crippen MR) is 127 cm³/mol. The molecule has 0 spiro atoms. The number of rotatable bonds is 8. The van der Waals surface area contributed by atoms with Crippen LogP contribution in [0.3, 0.4) is 0 Å². The van der Waals surface area contributed by atoms with Crippen molar-refractivity contribution in [2.75, 3.05) is 26.3 Å². The van der Waals surface area contributed by atoms with Gasteiger partial charge in [0.05, 0.1) is 24.2 Å². The van der Waals surface area contributed by atoms with Gasteiger partial charge in [-0.1, -0.05) is 66.7 Å². The Bertz CT molecular complexity index is 1160. The first-order chi connectivity index (χ1) is 16.0. The first-order valence-electron chi connectivity index (χ1n) is 11.1. The number of carbonyl (C=O) groups is 1. The van der Waals surface area contributed by atoms with Gasteiger partial charge >= 0.3 is 0 Å². The Balaban J connectivity index is 1.52. The number of amides is 1. The van der Waals surface area contributed by atoms with E-state index in [1.807, 2.05) is 48.5 Å². The molecule has 1 heterocycles. The van der Waals surface area contributed by atoms with E-state index in [1.54, 1.807) is 12.1 Å². The molecular formula is C26H28N2O4S. The molecule has 6 nitrogen and oxygen atoms in total. The average Bonchev–Trinajstić information content (AvgIpc) is 2.88. The molecule has 1 fully saturated rings. The van der Waals surface area contributed by atoms with E-state index in [0.29, 0.717) is 31.9 Å². The molecule has 1 aliphatic rings. The van der Waals surface area contributed by atoms with E-state index in [1.165, 1.54) is 22.0 Å². The lowest BCUT2D eigenvalue weighted by Crippen LogP contribution is -2.40. The minimum atomic E-state index is -3.67. The Morgan fingerprint density at radius 3 is 2.27 bits per heavy atom. The molecule has 1 aliphatic heterocycles. The third-order valence-electron chi connectivity index (χ3n) is 5.78. The Labute approximate surface area is 195 Å². The molecule has 172 valence electrons. The lowest BCUT2D eigenvalue weighted by molar-refractivity contribution is 0.0730. The lowest BCUT2D eigenvalue weighted by atomic mass is 9.98. The summed E-state index contributed by atoms with van der Waals surface area (Å²) in [4.78, 5) is 13.3. The van der Waals surface area contributed by atoms with Crippen molar-refractivity contribution in [3.05, 3.63) is 102 Å². The van der Waals surface area contributed by atoms with Crippen LogP contribution in [0, 0.1) is 0 Å². The monoisotopic (exact) mass is 464 g/mol. The van der Waals surface area contributed by atoms with Gasteiger partial charge in [-0.2, -0.15) is 4.31 Å². The first kappa shape index (κ1) is 23.2. The van der Waals surface area contributed by atoms with Crippen molar-refractivity contribution >= 4 is 15.9 Å². The van der Waals surface area contributed by atoms with E-state index >= 15 is 0 Å². The number of carbonyl (C=O) groups excluding carboxylic acids is 1. The Morgan fingerprint density at radius 1 is 0.909 bits per heavy atom. The maximum atomic E-state index is 13.2. The fourth-order valence-corrected chi connectivity index (χ4v) is 5.39. The molecule has 1 saturated heterocycles. The van der Waals surface area contributed by atoms with Crippen molar-refractivity contribution in [1.29, 1.82) is 0 Å². The summed E-state index contributed by atoms with van der Waals surface area (Å²) >= 11 is 0. The number of morpholine rings is 1. The number of nitrogens with zero attached hydrogens (tertiary/aromatic N) is 1. The van der Waals surface area contributed by atoms with Crippen LogP contribution in [0.4, 0.5) is 0 Å². The molecule has 0 aliphatic carbocycles. The van der Waals surface area contributed by atoms with Crippen LogP contribution in [0.5, 0.6) is 0 Å². The molecule has 3 aromatic rings. The van der Waals surface area contributed by atoms with Gasteiger partial charge in [0.1, 0.15) is 0 Å². The molecule has 0 radical (unpaired) electrons. The summed E-state index contributed by atoms with van der Waals surface area (Å²) in [6.07, 6.45) is 1.54. The zero-order valence-electron chi connectivity index (χ0n) is 18.4. The van der Waals surface area contributed by atoms with Gasteiger partial charge in [-0.05, 0) is 42.2 Å². The molecule has 1 amide bonds. The standard InChI is InChI=1S/C26H28N2O4S/c29-26(23-12-7-13-24(20-23)33(30,31)28-16-18-32-19-17-28)27-25(22-10-5-2-6-11-22)15-14-21-8-3-1-4-9-21/h1-13,20,25H,14-19H2,(H,27,29). The summed E-state index contributed by atoms with van der Waals surface area (Å²) in [6.45, 7) is 1.38. The highest BCUT2D eigenvalue weighted by molar-refractivity contribution is 7.89. The van der Waals surface area contributed by atoms with Gasteiger partial charge in [0.15, 0.2) is 0 Å². The Hall–Kier alpha value is -3.00. The first-order valence-corrected chi connectivity index (χ1v) is 12.6. The third kappa shape index (κ3) is 5.87. The number of sulfonamides is 1. The number of benzene rings is 3. The number of hydrogen-bond donors (Lipinski definition) is 1. The van der Waals surface area contributed by atoms with Crippen LogP contribution in [-0.4, -0.2) is 44.9 Å². The third-order valence-corrected chi connectivity index (χ3v) is 7.67. The van der Waals surface area contributed by atoms with Crippen LogP contribution < -0.4 is 5.32 Å². The molecule has 0 aromatic heterocycles. The Kier molecular flexibility index (Phi) is 7.54. The number of aryl methyl sites for hydroxylation is 1. The smallest absolute Gasteiger partial charge is 0.251 e. The van der Waals surface area contributed by atoms with Crippen LogP contribution in [-0.2, 0) is 21.2 Å². The van der Waals surface area contributed by atoms with Crippen LogP contribution in [0.2, 0.25) is 0 Å². The molecule has 0 bridgehead atoms. The summed E-state index contributed by atoms with van der Waals surface area (Å²) in [7, 11) is -3.67. The summed E-state index contributed by atoms with van der Waals surface area (Å²) in [6, 6.07) is 26.0. The fourth-order valence-electron chi connectivity index (χ4n) is 3.94. The van der Waals surface area contributed by atoms with Crippen LogP contribution in [0.1, 0.15) is 33.9 Å². The highest BCUT2D eigenvalue weighted by Crippen LogP contribution is 2.22. The normalized spacial score (nSPS) is 15.6. The van der Waals surface area contributed by atoms with Crippen LogP contribution in [0.25, 0.3) is 0 Å². The van der Waals surface area contributed by atoms with Gasteiger partial charge in [-0.25, -0.2) is 8.42 Å². The van der Waals surface area contributed by atoms with Gasteiger partial charge < -0.3 is 10.1 Å². The molecule has 0 saturated carbocycles. The Morgan fingerprint density at radius 2 is 1.58 bits per heavy atom. The summed E-state index contributed by atoms with van der Waals surface area (Å²) in [5.74, 6) is -0.295. The van der Waals surface area contributed by atoms with E-state index < -0.39 is 10.0 Å². The molecule has 1 unspecified atom stereocenters. The van der Waals surface area contributed by atoms with Gasteiger partial charge in [-0.15, -0.1) is 0 Å². The van der Waals surface area contributed by atoms with E-state index in [0.717, 1.165) is 18.4 Å². The summed E-state index contributed by atoms with van der Waals surface area (Å²) < 4.78 is 32.7. The quantitative estimate of drug-likeness (QED) is 0.550. The second kappa shape index (κ2) is 10.7. The highest BCUT2D eigenvalue weighted by Gasteiger charge is 2.27. The molecular weight excluding hydrogens is 436 g/mol. The fraction of sp³-hybridized carbons (Fsp3) is 0.269. The van der Waals surface area contributed by atoms with Crippen molar-refractivity contribution < 1.29 is 17.9 Å². The summed E-state index contributed by atoms with van der Waals surface area (Å²) in [5.41, 5.74) is 2.54. The minimum absolute atomic E-state index is 0.123. The van der Waals surface area contributed by atoms with Crippen molar-refractivity contribution in [1.82, 2.24) is 9.62 Å². The summed E-state index contributed by atoms with van der Waals surface area (Å²) in [5, 5.41) is 3.11. The maximum Gasteiger partial charge on any atom is 0.251 e. The van der Waals surface area contributed by atoms with Gasteiger partial charge in [0, 0.05) is 18.7 Å². The van der Waals surface area contributed by atoms with E-state index in [-0.39, 0.29) is 16.8 Å². The lowest BCUT2D eigenvalue weighted by Gasteiger charge is -2.26. The second-order valence-corrected chi connectivity index (χ2v) is 9.94. The predicted octanol–water partition coefficient (Wildman–Crippen LogP) is 3.81. The average molecular weight is 465 g/mol. The molecule has 7 heteroatoms. The van der Waals surface area contributed by atoms with Crippen molar-refractivity contribution in [3.63, 3.8) is 0 Å². The number of nitrogens with one attached hydrogen (secondary N) is 1. The highest BCUT2D eigenvalue weighted by atomic mass is 32.2. The molecule has 4 rings (SSSR count). The van der Waals surface area contributed by atoms with E-state index in [4.69, 9.17) is 4.74 Å². The van der Waals surface area contributed by atoms with E-state index in [2.05, 4.69) is 17.4 Å². The largest absolute Gasteiger partial charge is 0.379 e. The van der Waals surface area contributed by atoms with Crippen LogP contribution >= 0.6 is 0 Å². The van der Waals surface area contributed by atoms with Crippen molar-refractivity contribution in [2.24, 2.45) is 0 Å². The number of hydrogen-bond acceptors (Lipinski definition) is 4. The van der Waals surface area contributed by atoms with Gasteiger partial charge in [0.2, 0.25) is 10.0 Å². The second-order valence-electron chi connectivity index (χ2n) is 8.01. The van der Waals surface area contributed by atoms with Crippen molar-refractivity contribution in [3.8, 4) is 0 Å². The minimum Gasteiger partial charge on any atom is -0.379 e. The maximum absolute atomic E-state index is 13.2. The SMILES string of the molecule is O=C(NC(CCc1ccccc1)c1ccccc1)c1cccc(S(=O)(=O)N2CCOCC2)c1. The zero-order valence-corrected chi connectivity index (χ0v) is 19.2. The van der Waals surface area contributed by atoms with Gasteiger partial charge in [0.25, 0.3) is 5.91 Å². The molecule has 33 heavy (non-hydrogen) atoms.